The number of H-pyrrole nitrogens is 1. The van der Waals surface area contributed by atoms with Crippen LogP contribution >= 0.6 is 0 Å². The number of nitro groups is 1. The Kier molecular flexibility index (Phi) is 3.63. The molecule has 0 amide bonds. The Morgan fingerprint density at radius 2 is 1.77 bits per heavy atom. The van der Waals surface area contributed by atoms with Crippen molar-refractivity contribution in [1.82, 2.24) is 15.2 Å². The van der Waals surface area contributed by atoms with Crippen molar-refractivity contribution in [1.29, 1.82) is 0 Å². The first kappa shape index (κ1) is 13.9. The second-order valence-corrected chi connectivity index (χ2v) is 4.71. The third-order valence-corrected chi connectivity index (χ3v) is 3.30. The highest BCUT2D eigenvalue weighted by molar-refractivity contribution is 5.67. The van der Waals surface area contributed by atoms with E-state index in [1.54, 1.807) is 18.2 Å². The summed E-state index contributed by atoms with van der Waals surface area (Å²) in [5, 5.41) is 17.9. The first-order valence-corrected chi connectivity index (χ1v) is 6.63. The molecule has 0 saturated carbocycles. The van der Waals surface area contributed by atoms with E-state index < -0.39 is 11.0 Å². The molecule has 0 bridgehead atoms. The van der Waals surface area contributed by atoms with E-state index in [-0.39, 0.29) is 11.5 Å². The first-order valence-electron chi connectivity index (χ1n) is 6.63. The summed E-state index contributed by atoms with van der Waals surface area (Å²) in [6.07, 6.45) is 0. The normalized spacial score (nSPS) is 12.0. The maximum absolute atomic E-state index is 11.1. The van der Waals surface area contributed by atoms with Gasteiger partial charge in [0, 0.05) is 6.07 Å². The van der Waals surface area contributed by atoms with Crippen molar-refractivity contribution in [3.63, 3.8) is 0 Å². The Morgan fingerprint density at radius 3 is 2.50 bits per heavy atom. The van der Waals surface area contributed by atoms with E-state index in [0.717, 1.165) is 5.56 Å². The van der Waals surface area contributed by atoms with Crippen LogP contribution in [0.15, 0.2) is 54.6 Å². The number of hydrogen-bond acceptors (Lipinski definition) is 5. The second kappa shape index (κ2) is 5.74. The van der Waals surface area contributed by atoms with E-state index in [9.17, 15) is 10.1 Å². The minimum absolute atomic E-state index is 0.0404. The second-order valence-electron chi connectivity index (χ2n) is 4.71. The molecule has 0 fully saturated rings. The van der Waals surface area contributed by atoms with E-state index in [1.165, 1.54) is 6.07 Å². The predicted molar refractivity (Wildman–Crippen MR) is 80.9 cm³/mol. The van der Waals surface area contributed by atoms with Crippen molar-refractivity contribution in [2.75, 3.05) is 0 Å². The van der Waals surface area contributed by atoms with Gasteiger partial charge in [-0.25, -0.2) is 4.98 Å². The van der Waals surface area contributed by atoms with Crippen LogP contribution in [0.5, 0.6) is 0 Å². The first-order chi connectivity index (χ1) is 10.7. The highest BCUT2D eigenvalue weighted by atomic mass is 16.6. The Bertz CT molecular complexity index is 800. The molecule has 1 aromatic heterocycles. The van der Waals surface area contributed by atoms with Crippen molar-refractivity contribution < 1.29 is 4.92 Å². The minimum Gasteiger partial charge on any atom is -0.318 e. The van der Waals surface area contributed by atoms with Gasteiger partial charge in [0.2, 0.25) is 0 Å². The topological polar surface area (TPSA) is 111 Å². The van der Waals surface area contributed by atoms with E-state index >= 15 is 0 Å². The molecule has 0 unspecified atom stereocenters. The number of aromatic nitrogens is 3. The molecule has 0 radical (unpaired) electrons. The standard InChI is InChI=1S/C15H13N5O2/c16-13(10-6-2-1-3-7-10)15-17-14(18-19-15)11-8-4-5-9-12(11)20(21)22/h1-9,13H,16H2,(H,17,18,19)/t13-/m1/s1. The van der Waals surface area contributed by atoms with Gasteiger partial charge in [0.25, 0.3) is 5.69 Å². The number of para-hydroxylation sites is 1. The van der Waals surface area contributed by atoms with Crippen LogP contribution in [0.3, 0.4) is 0 Å². The van der Waals surface area contributed by atoms with Gasteiger partial charge in [-0.05, 0) is 11.6 Å². The summed E-state index contributed by atoms with van der Waals surface area (Å²) in [6, 6.07) is 15.3. The van der Waals surface area contributed by atoms with E-state index in [0.29, 0.717) is 11.4 Å². The molecule has 1 atom stereocenters. The maximum Gasteiger partial charge on any atom is 0.280 e. The lowest BCUT2D eigenvalue weighted by molar-refractivity contribution is -0.384. The van der Waals surface area contributed by atoms with Crippen LogP contribution in [0.1, 0.15) is 17.4 Å². The molecule has 3 rings (SSSR count). The van der Waals surface area contributed by atoms with Gasteiger partial charge in [0.1, 0.15) is 5.82 Å². The van der Waals surface area contributed by atoms with Gasteiger partial charge in [-0.1, -0.05) is 42.5 Å². The molecule has 0 aliphatic carbocycles. The number of rotatable bonds is 4. The Labute approximate surface area is 126 Å². The van der Waals surface area contributed by atoms with Gasteiger partial charge in [0.15, 0.2) is 5.82 Å². The van der Waals surface area contributed by atoms with E-state index in [1.807, 2.05) is 30.3 Å². The van der Waals surface area contributed by atoms with Crippen molar-refractivity contribution in [2.24, 2.45) is 5.73 Å². The molecule has 0 aliphatic rings. The minimum atomic E-state index is -0.467. The molecule has 110 valence electrons. The molecular weight excluding hydrogens is 282 g/mol. The van der Waals surface area contributed by atoms with Gasteiger partial charge < -0.3 is 5.73 Å². The average molecular weight is 295 g/mol. The summed E-state index contributed by atoms with van der Waals surface area (Å²) < 4.78 is 0. The van der Waals surface area contributed by atoms with Gasteiger partial charge in [-0.2, -0.15) is 5.10 Å². The molecule has 3 aromatic rings. The molecule has 0 aliphatic heterocycles. The van der Waals surface area contributed by atoms with E-state index in [4.69, 9.17) is 5.73 Å². The molecule has 7 heteroatoms. The summed E-state index contributed by atoms with van der Waals surface area (Å²) in [6.45, 7) is 0. The highest BCUT2D eigenvalue weighted by Gasteiger charge is 2.20. The van der Waals surface area contributed by atoms with Gasteiger partial charge in [0.05, 0.1) is 16.5 Å². The summed E-state index contributed by atoms with van der Waals surface area (Å²) in [5.74, 6) is 0.716. The van der Waals surface area contributed by atoms with Crippen LogP contribution in [0.25, 0.3) is 11.4 Å². The van der Waals surface area contributed by atoms with Crippen molar-refractivity contribution in [2.45, 2.75) is 6.04 Å². The molecule has 3 N–H and O–H groups in total. The zero-order valence-corrected chi connectivity index (χ0v) is 11.5. The van der Waals surface area contributed by atoms with Gasteiger partial charge >= 0.3 is 0 Å². The number of nitrogens with one attached hydrogen (secondary N) is 1. The number of aromatic amines is 1. The molecule has 22 heavy (non-hydrogen) atoms. The zero-order valence-electron chi connectivity index (χ0n) is 11.5. The Morgan fingerprint density at radius 1 is 1.09 bits per heavy atom. The Balaban J connectivity index is 1.97. The van der Waals surface area contributed by atoms with Crippen LogP contribution in [0, 0.1) is 10.1 Å². The van der Waals surface area contributed by atoms with Crippen LogP contribution < -0.4 is 5.73 Å². The lowest BCUT2D eigenvalue weighted by atomic mass is 10.1. The smallest absolute Gasteiger partial charge is 0.280 e. The van der Waals surface area contributed by atoms with Crippen molar-refractivity contribution >= 4 is 5.69 Å². The molecule has 2 aromatic carbocycles. The van der Waals surface area contributed by atoms with Gasteiger partial charge in [-0.15, -0.1) is 0 Å². The van der Waals surface area contributed by atoms with Crippen LogP contribution in [0.4, 0.5) is 5.69 Å². The molecule has 7 nitrogen and oxygen atoms in total. The van der Waals surface area contributed by atoms with Crippen LogP contribution in [0.2, 0.25) is 0 Å². The number of nitrogens with zero attached hydrogens (tertiary/aromatic N) is 3. The summed E-state index contributed by atoms with van der Waals surface area (Å²) in [4.78, 5) is 14.9. The molecule has 0 saturated heterocycles. The fourth-order valence-corrected chi connectivity index (χ4v) is 2.17. The third-order valence-electron chi connectivity index (χ3n) is 3.30. The average Bonchev–Trinajstić information content (AvgIpc) is 3.04. The Hall–Kier alpha value is -3.06. The van der Waals surface area contributed by atoms with E-state index in [2.05, 4.69) is 15.2 Å². The lowest BCUT2D eigenvalue weighted by Gasteiger charge is -2.07. The summed E-state index contributed by atoms with van der Waals surface area (Å²) in [5.41, 5.74) is 7.34. The molecular formula is C15H13N5O2. The number of nitro benzene ring substituents is 1. The predicted octanol–water partition coefficient (Wildman–Crippen LogP) is 2.43. The summed E-state index contributed by atoms with van der Waals surface area (Å²) in [7, 11) is 0. The number of benzene rings is 2. The number of nitrogens with two attached hydrogens (primary N) is 1. The highest BCUT2D eigenvalue weighted by Crippen LogP contribution is 2.27. The van der Waals surface area contributed by atoms with Crippen LogP contribution in [-0.4, -0.2) is 20.1 Å². The lowest BCUT2D eigenvalue weighted by Crippen LogP contribution is -2.13. The molecule has 0 spiro atoms. The van der Waals surface area contributed by atoms with Gasteiger partial charge in [-0.3, -0.25) is 15.2 Å². The fraction of sp³-hybridized carbons (Fsp3) is 0.0667. The summed E-state index contributed by atoms with van der Waals surface area (Å²) >= 11 is 0. The van der Waals surface area contributed by atoms with Crippen molar-refractivity contribution in [3.05, 3.63) is 76.1 Å². The SMILES string of the molecule is N[C@H](c1ccccc1)c1nc(-c2ccccc2[N+](=O)[O-])n[nH]1. The number of hydrogen-bond donors (Lipinski definition) is 2. The monoisotopic (exact) mass is 295 g/mol. The largest absolute Gasteiger partial charge is 0.318 e. The third kappa shape index (κ3) is 2.57. The quantitative estimate of drug-likeness (QED) is 0.567. The molecule has 1 heterocycles. The van der Waals surface area contributed by atoms with Crippen molar-refractivity contribution in [3.8, 4) is 11.4 Å². The van der Waals surface area contributed by atoms with Crippen LogP contribution in [-0.2, 0) is 0 Å². The fourth-order valence-electron chi connectivity index (χ4n) is 2.17. The maximum atomic E-state index is 11.1. The zero-order chi connectivity index (χ0) is 15.5.